The van der Waals surface area contributed by atoms with Gasteiger partial charge in [-0.2, -0.15) is 13.2 Å². The molecular weight excluding hydrogens is 858 g/mol. The van der Waals surface area contributed by atoms with Crippen molar-refractivity contribution in [1.29, 1.82) is 0 Å². The maximum absolute atomic E-state index is 12.3. The second-order valence-electron chi connectivity index (χ2n) is 8.79. The van der Waals surface area contributed by atoms with Crippen LogP contribution in [0.1, 0.15) is 40.2 Å². The van der Waals surface area contributed by atoms with Crippen LogP contribution >= 0.6 is 103 Å². The van der Waals surface area contributed by atoms with Gasteiger partial charge in [-0.25, -0.2) is 0 Å². The first-order valence-electron chi connectivity index (χ1n) is 10.3. The molecule has 0 N–H and O–H groups in total. The predicted octanol–water partition coefficient (Wildman–Crippen LogP) is 11.5. The molecule has 1 aliphatic heterocycles. The zero-order valence-electron chi connectivity index (χ0n) is 20.4. The summed E-state index contributed by atoms with van der Waals surface area (Å²) in [5.74, 6) is 0. The van der Waals surface area contributed by atoms with Crippen LogP contribution in [0.25, 0.3) is 5.57 Å². The first-order valence-corrected chi connectivity index (χ1v) is 15.0. The van der Waals surface area contributed by atoms with Gasteiger partial charge in [0.25, 0.3) is 0 Å². The first-order chi connectivity index (χ1) is 16.6. The molecule has 0 amide bonds. The van der Waals surface area contributed by atoms with Crippen molar-refractivity contribution in [1.82, 2.24) is 0 Å². The lowest BCUT2D eigenvalue weighted by atomic mass is 9.79. The molecule has 0 bridgehead atoms. The van der Waals surface area contributed by atoms with Crippen molar-refractivity contribution >= 4 is 121 Å². The standard InChI is InChI=1S/C12H14BBr2ClO2.C9H4Br2ClF3.C3H5Br/c1-11(2)12(3,4)18-13(17-11)7-5-8(14)10(16)9(15)6-7;1-4(9(13,14)15)5-2-6(10)8(12)7(11)3-5;1-3(2)4/h5-6H,1-4H3;2-3H,1H2;1H2,2H3. The Labute approximate surface area is 268 Å². The van der Waals surface area contributed by atoms with Crippen molar-refractivity contribution in [2.45, 2.75) is 52.0 Å². The molecule has 1 saturated heterocycles. The Hall–Kier alpha value is 0.675. The highest BCUT2D eigenvalue weighted by molar-refractivity contribution is 9.12. The van der Waals surface area contributed by atoms with Crippen LogP contribution in [0, 0.1) is 0 Å². The number of hydrogen-bond donors (Lipinski definition) is 0. The average Bonchev–Trinajstić information content (AvgIpc) is 2.95. The number of hydrogen-bond acceptors (Lipinski definition) is 2. The summed E-state index contributed by atoms with van der Waals surface area (Å²) < 4.78 is 52.4. The fraction of sp³-hybridized carbons (Fsp3) is 0.333. The molecule has 0 radical (unpaired) electrons. The van der Waals surface area contributed by atoms with Gasteiger partial charge in [-0.3, -0.25) is 0 Å². The summed E-state index contributed by atoms with van der Waals surface area (Å²) in [6, 6.07) is 6.41. The minimum Gasteiger partial charge on any atom is -0.399 e. The molecule has 0 saturated carbocycles. The largest absolute Gasteiger partial charge is 0.494 e. The predicted molar refractivity (Wildman–Crippen MR) is 168 cm³/mol. The molecule has 2 nitrogen and oxygen atoms in total. The van der Waals surface area contributed by atoms with Crippen LogP contribution in [-0.2, 0) is 9.31 Å². The van der Waals surface area contributed by atoms with Crippen LogP contribution in [0.2, 0.25) is 10.0 Å². The molecule has 0 atom stereocenters. The van der Waals surface area contributed by atoms with Gasteiger partial charge in [0, 0.05) is 17.9 Å². The fourth-order valence-corrected chi connectivity index (χ4v) is 5.21. The molecule has 2 aromatic rings. The number of allylic oxidation sites excluding steroid dienone is 2. The molecule has 204 valence electrons. The van der Waals surface area contributed by atoms with Gasteiger partial charge < -0.3 is 9.31 Å². The molecule has 0 aromatic heterocycles. The summed E-state index contributed by atoms with van der Waals surface area (Å²) >= 11 is 27.9. The number of rotatable bonds is 2. The fourth-order valence-electron chi connectivity index (χ4n) is 2.58. The topological polar surface area (TPSA) is 18.5 Å². The van der Waals surface area contributed by atoms with Crippen LogP contribution < -0.4 is 5.46 Å². The zero-order valence-corrected chi connectivity index (χ0v) is 29.8. The van der Waals surface area contributed by atoms with E-state index in [2.05, 4.69) is 92.8 Å². The smallest absolute Gasteiger partial charge is 0.399 e. The molecule has 3 rings (SSSR count). The Morgan fingerprint density at radius 3 is 1.41 bits per heavy atom. The third kappa shape index (κ3) is 10.2. The highest BCUT2D eigenvalue weighted by Crippen LogP contribution is 2.39. The van der Waals surface area contributed by atoms with Crippen molar-refractivity contribution in [3.05, 3.63) is 75.4 Å². The second kappa shape index (κ2) is 14.0. The third-order valence-electron chi connectivity index (χ3n) is 5.21. The molecule has 37 heavy (non-hydrogen) atoms. The minimum atomic E-state index is -4.44. The Kier molecular flexibility index (Phi) is 13.5. The first kappa shape index (κ1) is 35.7. The number of benzene rings is 2. The van der Waals surface area contributed by atoms with Crippen molar-refractivity contribution in [2.75, 3.05) is 0 Å². The van der Waals surface area contributed by atoms with Crippen molar-refractivity contribution in [3.63, 3.8) is 0 Å². The highest BCUT2D eigenvalue weighted by Gasteiger charge is 2.51. The third-order valence-corrected chi connectivity index (χ3v) is 9.44. The van der Waals surface area contributed by atoms with E-state index in [1.54, 1.807) is 0 Å². The van der Waals surface area contributed by atoms with E-state index in [9.17, 15) is 13.2 Å². The van der Waals surface area contributed by atoms with Gasteiger partial charge in [-0.05, 0) is 138 Å². The summed E-state index contributed by atoms with van der Waals surface area (Å²) in [5.41, 5.74) is -0.657. The number of halogens is 10. The summed E-state index contributed by atoms with van der Waals surface area (Å²) in [6.45, 7) is 16.5. The maximum Gasteiger partial charge on any atom is 0.494 e. The SMILES string of the molecule is C=C(C)Br.C=C(c1cc(Br)c(Cl)c(Br)c1)C(F)(F)F.CC1(C)OB(c2cc(Br)c(Cl)c(Br)c2)OC1(C)C. The van der Waals surface area contributed by atoms with E-state index in [-0.39, 0.29) is 23.9 Å². The van der Waals surface area contributed by atoms with Gasteiger partial charge in [-0.15, -0.1) is 0 Å². The second-order valence-corrected chi connectivity index (χ2v) is 14.3. The summed E-state index contributed by atoms with van der Waals surface area (Å²) in [7, 11) is -0.375. The average molecular weight is 882 g/mol. The molecule has 13 heteroatoms. The van der Waals surface area contributed by atoms with Crippen LogP contribution in [0.3, 0.4) is 0 Å². The summed E-state index contributed by atoms with van der Waals surface area (Å²) in [5, 5.41) is 0.976. The van der Waals surface area contributed by atoms with Gasteiger partial charge >= 0.3 is 13.3 Å². The Morgan fingerprint density at radius 2 is 1.11 bits per heavy atom. The normalized spacial score (nSPS) is 15.8. The van der Waals surface area contributed by atoms with Crippen molar-refractivity contribution in [3.8, 4) is 0 Å². The Bertz CT molecular complexity index is 1110. The van der Waals surface area contributed by atoms with Crippen LogP contribution in [-0.4, -0.2) is 24.5 Å². The van der Waals surface area contributed by atoms with Crippen molar-refractivity contribution in [2.24, 2.45) is 0 Å². The summed E-state index contributed by atoms with van der Waals surface area (Å²) in [4.78, 5) is 0. The van der Waals surface area contributed by atoms with E-state index in [0.717, 1.165) is 18.9 Å². The highest BCUT2D eigenvalue weighted by atomic mass is 79.9. The molecule has 0 aliphatic carbocycles. The molecule has 1 fully saturated rings. The van der Waals surface area contributed by atoms with E-state index in [1.807, 2.05) is 46.8 Å². The molecule has 0 spiro atoms. The van der Waals surface area contributed by atoms with Crippen LogP contribution in [0.4, 0.5) is 13.2 Å². The van der Waals surface area contributed by atoms with Gasteiger partial charge in [0.2, 0.25) is 0 Å². The van der Waals surface area contributed by atoms with Crippen molar-refractivity contribution < 1.29 is 22.5 Å². The monoisotopic (exact) mass is 876 g/mol. The van der Waals surface area contributed by atoms with Crippen LogP contribution in [0.15, 0.2) is 59.8 Å². The number of alkyl halides is 3. The lowest BCUT2D eigenvalue weighted by Gasteiger charge is -2.32. The van der Waals surface area contributed by atoms with Gasteiger partial charge in [-0.1, -0.05) is 52.3 Å². The van der Waals surface area contributed by atoms with Gasteiger partial charge in [0.05, 0.1) is 26.8 Å². The van der Waals surface area contributed by atoms with E-state index >= 15 is 0 Å². The molecule has 1 heterocycles. The zero-order chi connectivity index (χ0) is 29.1. The van der Waals surface area contributed by atoms with E-state index in [1.165, 1.54) is 12.1 Å². The Morgan fingerprint density at radius 1 is 0.811 bits per heavy atom. The molecular formula is C24H23BBr5Cl2F3O2. The van der Waals surface area contributed by atoms with E-state index in [4.69, 9.17) is 32.5 Å². The Balaban J connectivity index is 0.000000328. The lowest BCUT2D eigenvalue weighted by Crippen LogP contribution is -2.41. The van der Waals surface area contributed by atoms with Crippen LogP contribution in [0.5, 0.6) is 0 Å². The molecule has 1 aliphatic rings. The molecule has 0 unspecified atom stereocenters. The van der Waals surface area contributed by atoms with Gasteiger partial charge in [0.15, 0.2) is 0 Å². The van der Waals surface area contributed by atoms with E-state index < -0.39 is 11.7 Å². The molecule has 2 aromatic carbocycles. The van der Waals surface area contributed by atoms with E-state index in [0.29, 0.717) is 19.0 Å². The summed E-state index contributed by atoms with van der Waals surface area (Å²) in [6.07, 6.45) is -4.44. The van der Waals surface area contributed by atoms with Gasteiger partial charge in [0.1, 0.15) is 0 Å². The maximum atomic E-state index is 12.3. The quantitative estimate of drug-likeness (QED) is 0.221. The lowest BCUT2D eigenvalue weighted by molar-refractivity contribution is -0.0686. The minimum absolute atomic E-state index is 0.0225.